The maximum atomic E-state index is 11.1. The quantitative estimate of drug-likeness (QED) is 0.836. The number of aromatic nitrogens is 1. The molecular weight excluding hydrogens is 230 g/mol. The highest BCUT2D eigenvalue weighted by Crippen LogP contribution is 2.16. The first-order chi connectivity index (χ1) is 8.24. The second-order valence-corrected chi connectivity index (χ2v) is 5.21. The van der Waals surface area contributed by atoms with E-state index >= 15 is 0 Å². The van der Waals surface area contributed by atoms with Crippen LogP contribution in [0, 0.1) is 6.92 Å². The van der Waals surface area contributed by atoms with E-state index in [-0.39, 0.29) is 11.1 Å². The van der Waals surface area contributed by atoms with Crippen molar-refractivity contribution in [3.63, 3.8) is 0 Å². The molecule has 0 aliphatic heterocycles. The van der Waals surface area contributed by atoms with Crippen LogP contribution in [-0.4, -0.2) is 47.1 Å². The molecule has 1 aromatic heterocycles. The molecule has 0 aliphatic carbocycles. The van der Waals surface area contributed by atoms with Gasteiger partial charge < -0.3 is 15.3 Å². The van der Waals surface area contributed by atoms with Crippen LogP contribution < -0.4 is 5.32 Å². The molecule has 0 unspecified atom stereocenters. The fourth-order valence-corrected chi connectivity index (χ4v) is 1.32. The lowest BCUT2D eigenvalue weighted by molar-refractivity contribution is 0.0697. The fourth-order valence-electron chi connectivity index (χ4n) is 1.32. The summed E-state index contributed by atoms with van der Waals surface area (Å²) in [6.07, 6.45) is 0. The normalized spacial score (nSPS) is 11.7. The van der Waals surface area contributed by atoms with Gasteiger partial charge in [0, 0.05) is 17.8 Å². The number of hydrogen-bond acceptors (Lipinski definition) is 4. The number of likely N-dealkylation sites (N-methyl/N-ethyl adjacent to an activating group) is 1. The van der Waals surface area contributed by atoms with Crippen molar-refractivity contribution in [3.8, 4) is 0 Å². The molecule has 18 heavy (non-hydrogen) atoms. The molecule has 2 N–H and O–H groups in total. The molecule has 1 rings (SSSR count). The monoisotopic (exact) mass is 251 g/mol. The van der Waals surface area contributed by atoms with E-state index in [0.717, 1.165) is 5.69 Å². The first-order valence-corrected chi connectivity index (χ1v) is 5.86. The minimum absolute atomic E-state index is 0.0821. The van der Waals surface area contributed by atoms with E-state index in [0.29, 0.717) is 12.4 Å². The van der Waals surface area contributed by atoms with E-state index in [1.807, 2.05) is 21.0 Å². The minimum atomic E-state index is -0.965. The lowest BCUT2D eigenvalue weighted by atomic mass is 10.0. The number of aryl methyl sites for hydroxylation is 1. The smallest absolute Gasteiger partial charge is 0.339 e. The van der Waals surface area contributed by atoms with Crippen LogP contribution in [0.2, 0.25) is 0 Å². The first-order valence-electron chi connectivity index (χ1n) is 5.86. The molecule has 0 spiro atoms. The molecule has 5 nitrogen and oxygen atoms in total. The van der Waals surface area contributed by atoms with Crippen LogP contribution in [0.5, 0.6) is 0 Å². The third-order valence-corrected chi connectivity index (χ3v) is 3.16. The predicted octanol–water partition coefficient (Wildman–Crippen LogP) is 1.84. The first kappa shape index (κ1) is 14.4. The van der Waals surface area contributed by atoms with E-state index in [1.54, 1.807) is 12.1 Å². The number of anilines is 1. The number of hydrogen-bond donors (Lipinski definition) is 2. The summed E-state index contributed by atoms with van der Waals surface area (Å²) in [6.45, 7) is 6.62. The Balaban J connectivity index is 2.90. The molecule has 0 aromatic carbocycles. The zero-order chi connectivity index (χ0) is 13.9. The SMILES string of the molecule is Cc1ccc(C(=O)O)c(NCC(C)(C)N(C)C)n1. The van der Waals surface area contributed by atoms with Gasteiger partial charge in [-0.05, 0) is 47.0 Å². The summed E-state index contributed by atoms with van der Waals surface area (Å²) in [5, 5.41) is 12.2. The molecule has 5 heteroatoms. The Morgan fingerprint density at radius 1 is 1.44 bits per heavy atom. The summed E-state index contributed by atoms with van der Waals surface area (Å²) < 4.78 is 0. The number of nitrogens with one attached hydrogen (secondary N) is 1. The van der Waals surface area contributed by atoms with Gasteiger partial charge in [-0.2, -0.15) is 0 Å². The average molecular weight is 251 g/mol. The number of pyridine rings is 1. The molecule has 0 saturated heterocycles. The minimum Gasteiger partial charge on any atom is -0.478 e. The van der Waals surface area contributed by atoms with Crippen molar-refractivity contribution in [3.05, 3.63) is 23.4 Å². The Morgan fingerprint density at radius 3 is 2.56 bits per heavy atom. The summed E-state index contributed by atoms with van der Waals surface area (Å²) in [7, 11) is 3.98. The highest BCUT2D eigenvalue weighted by atomic mass is 16.4. The third kappa shape index (κ3) is 3.43. The molecule has 0 saturated carbocycles. The highest BCUT2D eigenvalue weighted by Gasteiger charge is 2.21. The van der Waals surface area contributed by atoms with Crippen LogP contribution in [0.4, 0.5) is 5.82 Å². The zero-order valence-electron chi connectivity index (χ0n) is 11.6. The van der Waals surface area contributed by atoms with Crippen LogP contribution in [0.3, 0.4) is 0 Å². The molecule has 0 fully saturated rings. The Kier molecular flexibility index (Phi) is 4.29. The maximum Gasteiger partial charge on any atom is 0.339 e. The lowest BCUT2D eigenvalue weighted by Gasteiger charge is -2.33. The molecule has 0 bridgehead atoms. The van der Waals surface area contributed by atoms with E-state index in [9.17, 15) is 4.79 Å². The van der Waals surface area contributed by atoms with Crippen LogP contribution in [0.25, 0.3) is 0 Å². The Labute approximate surface area is 108 Å². The zero-order valence-corrected chi connectivity index (χ0v) is 11.6. The van der Waals surface area contributed by atoms with E-state index in [2.05, 4.69) is 29.0 Å². The van der Waals surface area contributed by atoms with Crippen LogP contribution >= 0.6 is 0 Å². The second-order valence-electron chi connectivity index (χ2n) is 5.21. The molecule has 100 valence electrons. The Morgan fingerprint density at radius 2 is 2.06 bits per heavy atom. The second kappa shape index (κ2) is 5.35. The van der Waals surface area contributed by atoms with Crippen LogP contribution in [-0.2, 0) is 0 Å². The van der Waals surface area contributed by atoms with Gasteiger partial charge in [0.15, 0.2) is 0 Å². The summed E-state index contributed by atoms with van der Waals surface area (Å²) in [4.78, 5) is 17.4. The van der Waals surface area contributed by atoms with Crippen molar-refractivity contribution in [2.45, 2.75) is 26.3 Å². The lowest BCUT2D eigenvalue weighted by Crippen LogP contribution is -2.44. The number of aromatic carboxylic acids is 1. The van der Waals surface area contributed by atoms with Gasteiger partial charge in [0.25, 0.3) is 0 Å². The molecular formula is C13H21N3O2. The number of nitrogens with zero attached hydrogens (tertiary/aromatic N) is 2. The third-order valence-electron chi connectivity index (χ3n) is 3.16. The van der Waals surface area contributed by atoms with E-state index in [1.165, 1.54) is 0 Å². The van der Waals surface area contributed by atoms with Crippen molar-refractivity contribution in [1.29, 1.82) is 0 Å². The average Bonchev–Trinajstić information content (AvgIpc) is 2.26. The summed E-state index contributed by atoms with van der Waals surface area (Å²) in [6, 6.07) is 3.28. The fraction of sp³-hybridized carbons (Fsp3) is 0.538. The Bertz CT molecular complexity index is 442. The summed E-state index contributed by atoms with van der Waals surface area (Å²) in [5.41, 5.74) is 0.918. The predicted molar refractivity (Wildman–Crippen MR) is 72.2 cm³/mol. The molecule has 1 heterocycles. The van der Waals surface area contributed by atoms with Gasteiger partial charge in [0.05, 0.1) is 0 Å². The maximum absolute atomic E-state index is 11.1. The topological polar surface area (TPSA) is 65.5 Å². The largest absolute Gasteiger partial charge is 0.478 e. The van der Waals surface area contributed by atoms with Gasteiger partial charge in [0.1, 0.15) is 11.4 Å². The standard InChI is InChI=1S/C13H21N3O2/c1-9-6-7-10(12(17)18)11(15-9)14-8-13(2,3)16(4)5/h6-7H,8H2,1-5H3,(H,14,15)(H,17,18). The number of carboxylic acid groups (broad SMARTS) is 1. The summed E-state index contributed by atoms with van der Waals surface area (Å²) >= 11 is 0. The van der Waals surface area contributed by atoms with Crippen molar-refractivity contribution in [2.24, 2.45) is 0 Å². The van der Waals surface area contributed by atoms with E-state index in [4.69, 9.17) is 5.11 Å². The Hall–Kier alpha value is -1.62. The van der Waals surface area contributed by atoms with Gasteiger partial charge in [-0.25, -0.2) is 9.78 Å². The highest BCUT2D eigenvalue weighted by molar-refractivity contribution is 5.93. The van der Waals surface area contributed by atoms with Gasteiger partial charge in [0.2, 0.25) is 0 Å². The van der Waals surface area contributed by atoms with Gasteiger partial charge >= 0.3 is 5.97 Å². The van der Waals surface area contributed by atoms with Crippen LogP contribution in [0.15, 0.2) is 12.1 Å². The van der Waals surface area contributed by atoms with E-state index < -0.39 is 5.97 Å². The molecule has 0 amide bonds. The summed E-state index contributed by atoms with van der Waals surface area (Å²) in [5.74, 6) is -0.537. The van der Waals surface area contributed by atoms with Crippen molar-refractivity contribution in [1.82, 2.24) is 9.88 Å². The molecule has 1 aromatic rings. The van der Waals surface area contributed by atoms with Crippen molar-refractivity contribution in [2.75, 3.05) is 26.0 Å². The van der Waals surface area contributed by atoms with Gasteiger partial charge in [-0.15, -0.1) is 0 Å². The van der Waals surface area contributed by atoms with Gasteiger partial charge in [-0.3, -0.25) is 0 Å². The number of carbonyl (C=O) groups is 1. The molecule has 0 aliphatic rings. The number of carboxylic acids is 1. The van der Waals surface area contributed by atoms with Crippen LogP contribution in [0.1, 0.15) is 29.9 Å². The van der Waals surface area contributed by atoms with Gasteiger partial charge in [-0.1, -0.05) is 0 Å². The molecule has 0 atom stereocenters. The van der Waals surface area contributed by atoms with Crippen molar-refractivity contribution < 1.29 is 9.90 Å². The van der Waals surface area contributed by atoms with Crippen molar-refractivity contribution >= 4 is 11.8 Å². The molecule has 0 radical (unpaired) electrons. The number of rotatable bonds is 5.